The number of aliphatic imine (C=N–C) groups is 1. The number of hydrazine groups is 1. The fourth-order valence-corrected chi connectivity index (χ4v) is 0.444. The fraction of sp³-hybridized carbons (Fsp3) is 0.800. The third-order valence-electron chi connectivity index (χ3n) is 1.22. The van der Waals surface area contributed by atoms with Crippen LogP contribution in [0.1, 0.15) is 6.92 Å². The monoisotopic (exact) mass is 162 g/mol. The van der Waals surface area contributed by atoms with E-state index in [1.165, 1.54) is 0 Å². The van der Waals surface area contributed by atoms with E-state index < -0.39 is 5.54 Å². The molecule has 0 aromatic heterocycles. The van der Waals surface area contributed by atoms with E-state index in [4.69, 9.17) is 21.8 Å². The molecule has 7 N–H and O–H groups in total. The number of guanidine groups is 1. The van der Waals surface area contributed by atoms with Crippen LogP contribution >= 0.6 is 0 Å². The number of nitrogens with one attached hydrogen (secondary N) is 1. The first-order valence-corrected chi connectivity index (χ1v) is 3.11. The second-order valence-corrected chi connectivity index (χ2v) is 2.45. The van der Waals surface area contributed by atoms with E-state index in [-0.39, 0.29) is 19.2 Å². The second kappa shape index (κ2) is 4.12. The smallest absolute Gasteiger partial charge is 0.203 e. The van der Waals surface area contributed by atoms with Crippen LogP contribution in [0.15, 0.2) is 4.99 Å². The molecule has 66 valence electrons. The highest BCUT2D eigenvalue weighted by Crippen LogP contribution is 2.06. The molecule has 0 aliphatic carbocycles. The first kappa shape index (κ1) is 10.2. The minimum atomic E-state index is -0.962. The van der Waals surface area contributed by atoms with Crippen molar-refractivity contribution < 1.29 is 10.2 Å². The molecule has 0 amide bonds. The van der Waals surface area contributed by atoms with Gasteiger partial charge in [0, 0.05) is 0 Å². The Bertz CT molecular complexity index is 143. The Morgan fingerprint density at radius 3 is 2.27 bits per heavy atom. The van der Waals surface area contributed by atoms with Gasteiger partial charge in [-0.3, -0.25) is 5.43 Å². The summed E-state index contributed by atoms with van der Waals surface area (Å²) in [5.41, 5.74) is 6.33. The topological polar surface area (TPSA) is 117 Å². The molecule has 0 aromatic rings. The minimum Gasteiger partial charge on any atom is -0.394 e. The van der Waals surface area contributed by atoms with Crippen molar-refractivity contribution in [1.82, 2.24) is 5.43 Å². The normalized spacial score (nSPS) is 13.3. The Hall–Kier alpha value is -0.850. The molecular weight excluding hydrogens is 148 g/mol. The molecule has 11 heavy (non-hydrogen) atoms. The van der Waals surface area contributed by atoms with Crippen LogP contribution in [0.3, 0.4) is 0 Å². The lowest BCUT2D eigenvalue weighted by Gasteiger charge is -2.19. The first-order chi connectivity index (χ1) is 5.08. The average molecular weight is 162 g/mol. The molecule has 6 nitrogen and oxygen atoms in total. The van der Waals surface area contributed by atoms with Gasteiger partial charge in [-0.15, -0.1) is 0 Å². The average Bonchev–Trinajstić information content (AvgIpc) is 2.04. The summed E-state index contributed by atoms with van der Waals surface area (Å²) in [6.07, 6.45) is 0. The fourth-order valence-electron chi connectivity index (χ4n) is 0.444. The predicted molar refractivity (Wildman–Crippen MR) is 41.5 cm³/mol. The summed E-state index contributed by atoms with van der Waals surface area (Å²) < 4.78 is 0. The highest BCUT2D eigenvalue weighted by atomic mass is 16.3. The maximum Gasteiger partial charge on any atom is 0.203 e. The third kappa shape index (κ3) is 3.17. The quantitative estimate of drug-likeness (QED) is 0.136. The Labute approximate surface area is 64.9 Å². The van der Waals surface area contributed by atoms with Gasteiger partial charge >= 0.3 is 0 Å². The molecule has 0 atom stereocenters. The number of hydrogen-bond donors (Lipinski definition) is 5. The summed E-state index contributed by atoms with van der Waals surface area (Å²) in [6.45, 7) is 0.981. The number of aliphatic hydroxyl groups excluding tert-OH is 2. The molecular formula is C5H14N4O2. The van der Waals surface area contributed by atoms with Crippen LogP contribution < -0.4 is 17.0 Å². The Kier molecular flexibility index (Phi) is 3.80. The maximum absolute atomic E-state index is 8.74. The maximum atomic E-state index is 8.74. The molecule has 0 radical (unpaired) electrons. The Balaban J connectivity index is 4.27. The molecule has 6 heteroatoms. The largest absolute Gasteiger partial charge is 0.394 e. The summed E-state index contributed by atoms with van der Waals surface area (Å²) in [5, 5.41) is 17.5. The minimum absolute atomic E-state index is 0.0180. The van der Waals surface area contributed by atoms with Gasteiger partial charge in [-0.1, -0.05) is 0 Å². The van der Waals surface area contributed by atoms with Crippen LogP contribution in [0.2, 0.25) is 0 Å². The summed E-state index contributed by atoms with van der Waals surface area (Å²) in [4.78, 5) is 3.72. The molecule has 0 aliphatic rings. The Morgan fingerprint density at radius 1 is 1.55 bits per heavy atom. The van der Waals surface area contributed by atoms with Gasteiger partial charge in [-0.05, 0) is 6.92 Å². The number of nitrogens with zero attached hydrogens (tertiary/aromatic N) is 1. The van der Waals surface area contributed by atoms with Crippen LogP contribution in [0.5, 0.6) is 0 Å². The number of aliphatic hydroxyl groups is 2. The van der Waals surface area contributed by atoms with E-state index in [2.05, 4.69) is 10.4 Å². The third-order valence-corrected chi connectivity index (χ3v) is 1.22. The van der Waals surface area contributed by atoms with E-state index in [0.717, 1.165) is 0 Å². The van der Waals surface area contributed by atoms with Gasteiger partial charge in [0.05, 0.1) is 13.2 Å². The SMILES string of the molecule is CC(CO)(CO)N=C(N)NN. The van der Waals surface area contributed by atoms with E-state index in [1.807, 2.05) is 0 Å². The summed E-state index contributed by atoms with van der Waals surface area (Å²) in [5.74, 6) is 4.90. The predicted octanol–water partition coefficient (Wildman–Crippen LogP) is -2.49. The summed E-state index contributed by atoms with van der Waals surface area (Å²) in [6, 6.07) is 0. The van der Waals surface area contributed by atoms with Crippen LogP contribution in [0.4, 0.5) is 0 Å². The van der Waals surface area contributed by atoms with Crippen molar-refractivity contribution in [3.8, 4) is 0 Å². The van der Waals surface area contributed by atoms with Gasteiger partial charge in [-0.2, -0.15) is 0 Å². The van der Waals surface area contributed by atoms with Gasteiger partial charge in [0.15, 0.2) is 0 Å². The first-order valence-electron chi connectivity index (χ1n) is 3.11. The number of hydrogen-bond acceptors (Lipinski definition) is 4. The molecule has 0 unspecified atom stereocenters. The standard InChI is InChI=1S/C5H14N4O2/c1-5(2-10,3-11)8-4(6)9-7/h10-11H,2-3,7H2,1H3,(H3,6,8,9). The number of rotatable bonds is 3. The molecule has 0 saturated heterocycles. The van der Waals surface area contributed by atoms with E-state index in [0.29, 0.717) is 0 Å². The van der Waals surface area contributed by atoms with Crippen LogP contribution in [-0.2, 0) is 0 Å². The molecule has 0 aliphatic heterocycles. The zero-order chi connectivity index (χ0) is 8.91. The van der Waals surface area contributed by atoms with Crippen molar-refractivity contribution >= 4 is 5.96 Å². The van der Waals surface area contributed by atoms with Crippen molar-refractivity contribution in [3.05, 3.63) is 0 Å². The molecule has 0 bridgehead atoms. The summed E-state index contributed by atoms with van der Waals surface area (Å²) >= 11 is 0. The van der Waals surface area contributed by atoms with E-state index in [9.17, 15) is 0 Å². The lowest BCUT2D eigenvalue weighted by atomic mass is 10.1. The lowest BCUT2D eigenvalue weighted by Crippen LogP contribution is -2.42. The van der Waals surface area contributed by atoms with Crippen LogP contribution in [-0.4, -0.2) is 34.9 Å². The van der Waals surface area contributed by atoms with E-state index >= 15 is 0 Å². The summed E-state index contributed by atoms with van der Waals surface area (Å²) in [7, 11) is 0. The molecule has 0 fully saturated rings. The van der Waals surface area contributed by atoms with Crippen molar-refractivity contribution in [1.29, 1.82) is 0 Å². The van der Waals surface area contributed by atoms with Gasteiger partial charge in [0.1, 0.15) is 5.54 Å². The van der Waals surface area contributed by atoms with Crippen molar-refractivity contribution in [2.24, 2.45) is 16.6 Å². The Morgan fingerprint density at radius 2 is 2.00 bits per heavy atom. The molecule has 0 aromatic carbocycles. The van der Waals surface area contributed by atoms with Gasteiger partial charge < -0.3 is 15.9 Å². The van der Waals surface area contributed by atoms with Crippen LogP contribution in [0.25, 0.3) is 0 Å². The van der Waals surface area contributed by atoms with E-state index in [1.54, 1.807) is 6.92 Å². The second-order valence-electron chi connectivity index (χ2n) is 2.45. The molecule has 0 rings (SSSR count). The lowest BCUT2D eigenvalue weighted by molar-refractivity contribution is 0.135. The molecule has 0 heterocycles. The highest BCUT2D eigenvalue weighted by Gasteiger charge is 2.21. The zero-order valence-electron chi connectivity index (χ0n) is 6.41. The van der Waals surface area contributed by atoms with Gasteiger partial charge in [0.2, 0.25) is 5.96 Å². The van der Waals surface area contributed by atoms with Crippen molar-refractivity contribution in [2.45, 2.75) is 12.5 Å². The van der Waals surface area contributed by atoms with Crippen molar-refractivity contribution in [3.63, 3.8) is 0 Å². The molecule has 0 spiro atoms. The van der Waals surface area contributed by atoms with Crippen molar-refractivity contribution in [2.75, 3.05) is 13.2 Å². The molecule has 0 saturated carbocycles. The van der Waals surface area contributed by atoms with Gasteiger partial charge in [0.25, 0.3) is 0 Å². The number of nitrogens with two attached hydrogens (primary N) is 2. The zero-order valence-corrected chi connectivity index (χ0v) is 6.41. The highest BCUT2D eigenvalue weighted by molar-refractivity contribution is 5.77. The van der Waals surface area contributed by atoms with Gasteiger partial charge in [-0.25, -0.2) is 10.8 Å². The van der Waals surface area contributed by atoms with Crippen LogP contribution in [0, 0.1) is 0 Å².